The van der Waals surface area contributed by atoms with Crippen molar-refractivity contribution in [3.8, 4) is 0 Å². The van der Waals surface area contributed by atoms with E-state index in [1.807, 2.05) is 0 Å². The van der Waals surface area contributed by atoms with Crippen LogP contribution in [-0.2, 0) is 4.79 Å². The van der Waals surface area contributed by atoms with Crippen LogP contribution < -0.4 is 51.4 Å². The Morgan fingerprint density at radius 2 is 1.92 bits per heavy atom. The molecule has 0 N–H and O–H groups in total. The maximum absolute atomic E-state index is 12.2. The molecule has 0 aromatic carbocycles. The average Bonchev–Trinajstić information content (AvgIpc) is 1.85. The van der Waals surface area contributed by atoms with E-state index in [0.717, 1.165) is 6.92 Å². The fourth-order valence-electron chi connectivity index (χ4n) is 1.32. The van der Waals surface area contributed by atoms with Gasteiger partial charge in [0.2, 0.25) is 0 Å². The summed E-state index contributed by atoms with van der Waals surface area (Å²) in [5.41, 5.74) is 0. The number of carbonyl (C=O) groups is 1. The van der Waals surface area contributed by atoms with E-state index in [-0.39, 0.29) is 63.6 Å². The van der Waals surface area contributed by atoms with E-state index in [4.69, 9.17) is 0 Å². The van der Waals surface area contributed by atoms with E-state index in [2.05, 4.69) is 0 Å². The van der Waals surface area contributed by atoms with Gasteiger partial charge in [-0.25, -0.2) is 0 Å². The zero-order chi connectivity index (χ0) is 8.86. The summed E-state index contributed by atoms with van der Waals surface area (Å²) in [7, 11) is 0. The number of hydrogen-bond acceptors (Lipinski definition) is 1. The van der Waals surface area contributed by atoms with Gasteiger partial charge in [0, 0.05) is 0 Å². The van der Waals surface area contributed by atoms with Gasteiger partial charge < -0.3 is 12.9 Å². The van der Waals surface area contributed by atoms with Gasteiger partial charge in [0.15, 0.2) is 0 Å². The molecule has 0 heterocycles. The van der Waals surface area contributed by atoms with Crippen LogP contribution in [0.3, 0.4) is 0 Å². The normalized spacial score (nSPS) is 35.4. The summed E-state index contributed by atoms with van der Waals surface area (Å²) in [6.07, 6.45) is -0.322. The Bertz CT molecular complexity index is 205. The van der Waals surface area contributed by atoms with Crippen molar-refractivity contribution in [3.63, 3.8) is 0 Å². The van der Waals surface area contributed by atoms with Gasteiger partial charge in [-0.15, -0.1) is 0 Å². The van der Waals surface area contributed by atoms with Crippen molar-refractivity contribution in [2.24, 2.45) is 5.92 Å². The number of carbonyl (C=O) groups excluding carboxylic acids is 1. The molecule has 0 spiro atoms. The van der Waals surface area contributed by atoms with Crippen LogP contribution in [0.15, 0.2) is 0 Å². The third-order valence-corrected chi connectivity index (χ3v) is 2.78. The van der Waals surface area contributed by atoms with Crippen LogP contribution in [0.5, 0.6) is 0 Å². The Morgan fingerprint density at radius 1 is 1.50 bits per heavy atom. The molecule has 2 atom stereocenters. The summed E-state index contributed by atoms with van der Waals surface area (Å²) >= 11 is 0. The molecule has 2 unspecified atom stereocenters. The van der Waals surface area contributed by atoms with Gasteiger partial charge in [-0.1, -0.05) is 13.8 Å². The van der Waals surface area contributed by atoms with Crippen molar-refractivity contribution >= 4 is 12.8 Å². The number of hydrogen-bond donors (Lipinski definition) is 0. The minimum Gasteiger partial charge on any atom is -0.449 e. The largest absolute Gasteiger partial charge is 1.00 e. The van der Waals surface area contributed by atoms with Gasteiger partial charge in [0.1, 0.15) is 5.78 Å². The van der Waals surface area contributed by atoms with E-state index in [1.165, 1.54) is 6.92 Å². The van der Waals surface area contributed by atoms with Crippen LogP contribution in [0.2, 0.25) is 5.31 Å². The van der Waals surface area contributed by atoms with Gasteiger partial charge in [-0.3, -0.25) is 4.79 Å². The van der Waals surface area contributed by atoms with Gasteiger partial charge in [0.05, 0.1) is 0 Å². The SMILES string of the molecule is CC1C(=O)CC1(C)[B-](F)(F)F.[K+]. The van der Waals surface area contributed by atoms with Crippen LogP contribution in [0, 0.1) is 5.92 Å². The molecule has 1 nitrogen and oxygen atoms in total. The number of ketones is 1. The molecule has 6 heteroatoms. The zero-order valence-electron chi connectivity index (χ0n) is 7.40. The molecule has 1 rings (SSSR count). The van der Waals surface area contributed by atoms with E-state index in [0.29, 0.717) is 0 Å². The molecular formula is C6H9BF3KO. The molecule has 0 radical (unpaired) electrons. The van der Waals surface area contributed by atoms with Crippen LogP contribution in [0.1, 0.15) is 20.3 Å². The predicted octanol–water partition coefficient (Wildman–Crippen LogP) is -0.793. The van der Waals surface area contributed by atoms with Crippen molar-refractivity contribution in [3.05, 3.63) is 0 Å². The van der Waals surface area contributed by atoms with Crippen molar-refractivity contribution in [1.82, 2.24) is 0 Å². The van der Waals surface area contributed by atoms with Crippen LogP contribution in [0.25, 0.3) is 0 Å². The number of halogens is 3. The van der Waals surface area contributed by atoms with E-state index in [9.17, 15) is 17.7 Å². The molecule has 1 fully saturated rings. The molecule has 0 bridgehead atoms. The first-order valence-electron chi connectivity index (χ1n) is 3.51. The second-order valence-corrected chi connectivity index (χ2v) is 3.45. The summed E-state index contributed by atoms with van der Waals surface area (Å²) < 4.78 is 36.7. The maximum Gasteiger partial charge on any atom is 1.00 e. The summed E-state index contributed by atoms with van der Waals surface area (Å²) in [4.78, 5) is 10.6. The first kappa shape index (κ1) is 13.2. The zero-order valence-corrected chi connectivity index (χ0v) is 10.5. The van der Waals surface area contributed by atoms with E-state index >= 15 is 0 Å². The third kappa shape index (κ3) is 1.82. The first-order chi connectivity index (χ1) is 4.79. The first-order valence-corrected chi connectivity index (χ1v) is 3.51. The van der Waals surface area contributed by atoms with Crippen LogP contribution in [-0.4, -0.2) is 12.8 Å². The molecule has 64 valence electrons. The van der Waals surface area contributed by atoms with Gasteiger partial charge >= 0.3 is 58.4 Å². The minimum absolute atomic E-state index is 0. The van der Waals surface area contributed by atoms with Crippen LogP contribution >= 0.6 is 0 Å². The van der Waals surface area contributed by atoms with Crippen molar-refractivity contribution in [2.75, 3.05) is 0 Å². The van der Waals surface area contributed by atoms with Gasteiger partial charge in [-0.05, 0) is 17.7 Å². The molecule has 12 heavy (non-hydrogen) atoms. The molecule has 1 aliphatic carbocycles. The monoisotopic (exact) mass is 204 g/mol. The quantitative estimate of drug-likeness (QED) is 0.511. The van der Waals surface area contributed by atoms with E-state index < -0.39 is 18.2 Å². The van der Waals surface area contributed by atoms with Crippen molar-refractivity contribution in [1.29, 1.82) is 0 Å². The Balaban J connectivity index is 0.00000121. The second kappa shape index (κ2) is 3.73. The molecular weight excluding hydrogens is 195 g/mol. The standard InChI is InChI=1S/C6H9BF3O.K/c1-4-5(11)3-6(4,2)7(8,9)10;/h4H,3H2,1-2H3;/q-1;+1. The fourth-order valence-corrected chi connectivity index (χ4v) is 1.32. The summed E-state index contributed by atoms with van der Waals surface area (Å²) in [5, 5.41) is -1.70. The molecule has 0 saturated heterocycles. The number of Topliss-reactive ketones (excluding diaryl/α,β-unsaturated/α-hetero) is 1. The smallest absolute Gasteiger partial charge is 0.449 e. The third-order valence-electron chi connectivity index (χ3n) is 2.78. The molecule has 1 aliphatic rings. The van der Waals surface area contributed by atoms with Crippen LogP contribution in [0.4, 0.5) is 12.9 Å². The van der Waals surface area contributed by atoms with Crippen molar-refractivity contribution < 1.29 is 69.1 Å². The minimum atomic E-state index is -4.86. The second-order valence-electron chi connectivity index (χ2n) is 3.45. The Hall–Kier alpha value is 1.16. The van der Waals surface area contributed by atoms with Gasteiger partial charge in [-0.2, -0.15) is 0 Å². The fraction of sp³-hybridized carbons (Fsp3) is 0.833. The summed E-state index contributed by atoms with van der Waals surface area (Å²) in [5.74, 6) is -1.10. The maximum atomic E-state index is 12.2. The molecule has 0 aromatic heterocycles. The summed E-state index contributed by atoms with van der Waals surface area (Å²) in [6.45, 7) is -2.39. The van der Waals surface area contributed by atoms with E-state index in [1.54, 1.807) is 0 Å². The molecule has 0 aromatic rings. The summed E-state index contributed by atoms with van der Waals surface area (Å²) in [6, 6.07) is 0. The molecule has 1 saturated carbocycles. The Morgan fingerprint density at radius 3 is 2.00 bits per heavy atom. The predicted molar refractivity (Wildman–Crippen MR) is 36.2 cm³/mol. The Kier molecular flexibility index (Phi) is 4.09. The topological polar surface area (TPSA) is 17.1 Å². The molecule has 0 aliphatic heterocycles. The Labute approximate surface area is 112 Å². The van der Waals surface area contributed by atoms with Crippen molar-refractivity contribution in [2.45, 2.75) is 25.6 Å². The number of rotatable bonds is 1. The average molecular weight is 204 g/mol. The van der Waals surface area contributed by atoms with Gasteiger partial charge in [0.25, 0.3) is 0 Å². The molecule has 0 amide bonds.